The summed E-state index contributed by atoms with van der Waals surface area (Å²) >= 11 is 5.75. The number of thiocarbonyl (C=S) groups is 1. The molecule has 4 nitrogen and oxygen atoms in total. The van der Waals surface area contributed by atoms with Crippen molar-refractivity contribution < 1.29 is 9.47 Å². The second kappa shape index (κ2) is 9.76. The SMILES string of the molecule is COc1ccc(NC(=S)N(Cc2ccccc2)Cc2ccccc2)c(OC)c1. The third-order valence-corrected chi connectivity index (χ3v) is 4.73. The Kier molecular flexibility index (Phi) is 6.87. The second-order valence-electron chi connectivity index (χ2n) is 6.32. The topological polar surface area (TPSA) is 33.7 Å². The van der Waals surface area contributed by atoms with Gasteiger partial charge in [0, 0.05) is 19.2 Å². The number of nitrogens with zero attached hydrogens (tertiary/aromatic N) is 1. The van der Waals surface area contributed by atoms with E-state index in [0.29, 0.717) is 24.0 Å². The number of ether oxygens (including phenoxy) is 2. The fourth-order valence-electron chi connectivity index (χ4n) is 2.90. The highest BCUT2D eigenvalue weighted by atomic mass is 32.1. The molecule has 144 valence electrons. The van der Waals surface area contributed by atoms with E-state index in [2.05, 4.69) is 34.5 Å². The summed E-state index contributed by atoms with van der Waals surface area (Å²) in [4.78, 5) is 2.14. The molecule has 3 aromatic rings. The maximum absolute atomic E-state index is 5.75. The van der Waals surface area contributed by atoms with Gasteiger partial charge in [0.2, 0.25) is 0 Å². The molecule has 0 heterocycles. The van der Waals surface area contributed by atoms with E-state index in [1.165, 1.54) is 11.1 Å². The van der Waals surface area contributed by atoms with Crippen LogP contribution in [0, 0.1) is 0 Å². The lowest BCUT2D eigenvalue weighted by Gasteiger charge is -2.27. The van der Waals surface area contributed by atoms with Crippen LogP contribution in [0.15, 0.2) is 78.9 Å². The summed E-state index contributed by atoms with van der Waals surface area (Å²) in [6.07, 6.45) is 0. The Labute approximate surface area is 171 Å². The first kappa shape index (κ1) is 19.7. The smallest absolute Gasteiger partial charge is 0.174 e. The van der Waals surface area contributed by atoms with Crippen LogP contribution in [-0.2, 0) is 13.1 Å². The average Bonchev–Trinajstić information content (AvgIpc) is 2.75. The number of rotatable bonds is 7. The zero-order valence-electron chi connectivity index (χ0n) is 16.1. The first-order valence-electron chi connectivity index (χ1n) is 9.05. The van der Waals surface area contributed by atoms with Crippen molar-refractivity contribution in [3.63, 3.8) is 0 Å². The highest BCUT2D eigenvalue weighted by molar-refractivity contribution is 7.80. The molecule has 3 rings (SSSR count). The summed E-state index contributed by atoms with van der Waals surface area (Å²) in [6.45, 7) is 1.42. The fourth-order valence-corrected chi connectivity index (χ4v) is 3.14. The summed E-state index contributed by atoms with van der Waals surface area (Å²) in [5, 5.41) is 3.97. The van der Waals surface area contributed by atoms with E-state index in [0.717, 1.165) is 11.4 Å². The number of methoxy groups -OCH3 is 2. The van der Waals surface area contributed by atoms with E-state index in [1.807, 2.05) is 54.6 Å². The molecule has 0 unspecified atom stereocenters. The van der Waals surface area contributed by atoms with Crippen molar-refractivity contribution in [2.45, 2.75) is 13.1 Å². The van der Waals surface area contributed by atoms with Gasteiger partial charge in [-0.05, 0) is 35.5 Å². The van der Waals surface area contributed by atoms with Crippen molar-refractivity contribution in [3.8, 4) is 11.5 Å². The molecule has 0 bridgehead atoms. The molecular weight excluding hydrogens is 368 g/mol. The Morgan fingerprint density at radius 2 is 1.39 bits per heavy atom. The normalized spacial score (nSPS) is 10.2. The summed E-state index contributed by atoms with van der Waals surface area (Å²) in [5.74, 6) is 1.42. The molecule has 5 heteroatoms. The highest BCUT2D eigenvalue weighted by Crippen LogP contribution is 2.29. The van der Waals surface area contributed by atoms with Crippen molar-refractivity contribution in [1.29, 1.82) is 0 Å². The van der Waals surface area contributed by atoms with Gasteiger partial charge in [-0.1, -0.05) is 60.7 Å². The van der Waals surface area contributed by atoms with Crippen molar-refractivity contribution in [3.05, 3.63) is 90.0 Å². The number of nitrogens with one attached hydrogen (secondary N) is 1. The van der Waals surface area contributed by atoms with Crippen LogP contribution >= 0.6 is 12.2 Å². The molecule has 1 N–H and O–H groups in total. The van der Waals surface area contributed by atoms with Crippen LogP contribution < -0.4 is 14.8 Å². The van der Waals surface area contributed by atoms with Crippen LogP contribution in [-0.4, -0.2) is 24.2 Å². The maximum Gasteiger partial charge on any atom is 0.174 e. The molecular formula is C23H24N2O2S. The lowest BCUT2D eigenvalue weighted by atomic mass is 10.2. The Morgan fingerprint density at radius 3 is 1.89 bits per heavy atom. The van der Waals surface area contributed by atoms with E-state index in [-0.39, 0.29) is 0 Å². The minimum absolute atomic E-state index is 0.635. The van der Waals surface area contributed by atoms with Crippen LogP contribution in [0.3, 0.4) is 0 Å². The van der Waals surface area contributed by atoms with Gasteiger partial charge < -0.3 is 19.7 Å². The van der Waals surface area contributed by atoms with Gasteiger partial charge in [0.1, 0.15) is 11.5 Å². The summed E-state index contributed by atoms with van der Waals surface area (Å²) in [7, 11) is 3.27. The summed E-state index contributed by atoms with van der Waals surface area (Å²) in [6, 6.07) is 26.2. The number of benzene rings is 3. The van der Waals surface area contributed by atoms with Gasteiger partial charge in [-0.3, -0.25) is 0 Å². The van der Waals surface area contributed by atoms with Crippen LogP contribution in [0.4, 0.5) is 5.69 Å². The zero-order chi connectivity index (χ0) is 19.8. The van der Waals surface area contributed by atoms with Gasteiger partial charge in [0.05, 0.1) is 19.9 Å². The van der Waals surface area contributed by atoms with Gasteiger partial charge in [-0.15, -0.1) is 0 Å². The molecule has 0 atom stereocenters. The quantitative estimate of drug-likeness (QED) is 0.566. The van der Waals surface area contributed by atoms with E-state index in [4.69, 9.17) is 21.7 Å². The largest absolute Gasteiger partial charge is 0.497 e. The van der Waals surface area contributed by atoms with Gasteiger partial charge in [0.25, 0.3) is 0 Å². The van der Waals surface area contributed by atoms with Gasteiger partial charge in [-0.25, -0.2) is 0 Å². The Hall–Kier alpha value is -3.05. The lowest BCUT2D eigenvalue weighted by molar-refractivity contribution is 0.394. The predicted octanol–water partition coefficient (Wildman–Crippen LogP) is 5.10. The number of hydrogen-bond donors (Lipinski definition) is 1. The monoisotopic (exact) mass is 392 g/mol. The molecule has 0 radical (unpaired) electrons. The maximum atomic E-state index is 5.75. The summed E-state index contributed by atoms with van der Waals surface area (Å²) in [5.41, 5.74) is 3.20. The molecule has 28 heavy (non-hydrogen) atoms. The van der Waals surface area contributed by atoms with Crippen molar-refractivity contribution in [2.75, 3.05) is 19.5 Å². The molecule has 0 aliphatic carbocycles. The van der Waals surface area contributed by atoms with Crippen LogP contribution in [0.5, 0.6) is 11.5 Å². The second-order valence-corrected chi connectivity index (χ2v) is 6.71. The molecule has 0 fully saturated rings. The van der Waals surface area contributed by atoms with Gasteiger partial charge in [0.15, 0.2) is 5.11 Å². The molecule has 0 aliphatic rings. The predicted molar refractivity (Wildman–Crippen MR) is 118 cm³/mol. The summed E-state index contributed by atoms with van der Waals surface area (Å²) < 4.78 is 10.8. The standard InChI is InChI=1S/C23H24N2O2S/c1-26-20-13-14-21(22(15-20)27-2)24-23(28)25(16-18-9-5-3-6-10-18)17-19-11-7-4-8-12-19/h3-15H,16-17H2,1-2H3,(H,24,28). The third-order valence-electron chi connectivity index (χ3n) is 4.37. The van der Waals surface area contributed by atoms with E-state index >= 15 is 0 Å². The molecule has 0 amide bonds. The molecule has 0 saturated heterocycles. The van der Waals surface area contributed by atoms with E-state index < -0.39 is 0 Å². The fraction of sp³-hybridized carbons (Fsp3) is 0.174. The molecule has 0 saturated carbocycles. The van der Waals surface area contributed by atoms with Crippen molar-refractivity contribution >= 4 is 23.0 Å². The first-order chi connectivity index (χ1) is 13.7. The molecule has 0 aromatic heterocycles. The number of anilines is 1. The Bertz CT molecular complexity index is 859. The molecule has 3 aromatic carbocycles. The van der Waals surface area contributed by atoms with E-state index in [9.17, 15) is 0 Å². The van der Waals surface area contributed by atoms with Crippen LogP contribution in [0.2, 0.25) is 0 Å². The van der Waals surface area contributed by atoms with Gasteiger partial charge in [-0.2, -0.15) is 0 Å². The molecule has 0 spiro atoms. The minimum Gasteiger partial charge on any atom is -0.497 e. The van der Waals surface area contributed by atoms with Crippen molar-refractivity contribution in [2.24, 2.45) is 0 Å². The zero-order valence-corrected chi connectivity index (χ0v) is 16.9. The van der Waals surface area contributed by atoms with E-state index in [1.54, 1.807) is 14.2 Å². The van der Waals surface area contributed by atoms with Gasteiger partial charge >= 0.3 is 0 Å². The third kappa shape index (κ3) is 5.24. The Balaban J connectivity index is 1.81. The first-order valence-corrected chi connectivity index (χ1v) is 9.46. The molecule has 0 aliphatic heterocycles. The van der Waals surface area contributed by atoms with Crippen LogP contribution in [0.1, 0.15) is 11.1 Å². The lowest BCUT2D eigenvalue weighted by Crippen LogP contribution is -2.33. The average molecular weight is 393 g/mol. The Morgan fingerprint density at radius 1 is 0.821 bits per heavy atom. The van der Waals surface area contributed by atoms with Crippen molar-refractivity contribution in [1.82, 2.24) is 4.90 Å². The highest BCUT2D eigenvalue weighted by Gasteiger charge is 2.14. The van der Waals surface area contributed by atoms with Crippen LogP contribution in [0.25, 0.3) is 0 Å². The number of hydrogen-bond acceptors (Lipinski definition) is 3. The minimum atomic E-state index is 0.635.